The van der Waals surface area contributed by atoms with Gasteiger partial charge in [0.15, 0.2) is 0 Å². The number of nitrogens with zero attached hydrogens (tertiary/aromatic N) is 6. The number of unbranched alkanes of at least 4 members (excludes halogenated alkanes) is 3. The smallest absolute Gasteiger partial charge is 0.310 e. The molecule has 0 spiro atoms. The van der Waals surface area contributed by atoms with Crippen LogP contribution in [0.4, 0.5) is 0 Å². The van der Waals surface area contributed by atoms with E-state index in [9.17, 15) is 19.8 Å². The molecule has 0 aromatic carbocycles. The second-order valence-electron chi connectivity index (χ2n) is 35.1. The van der Waals surface area contributed by atoms with Crippen LogP contribution >= 0.6 is 0 Å². The second kappa shape index (κ2) is 20.6. The zero-order valence-electron chi connectivity index (χ0n) is 54.9. The minimum absolute atomic E-state index is 0.0151. The maximum absolute atomic E-state index is 13.2. The topological polar surface area (TPSA) is 154 Å². The number of carbonyl (C=O) groups is 2. The van der Waals surface area contributed by atoms with Crippen LogP contribution in [-0.2, 0) is 45.4 Å². The van der Waals surface area contributed by atoms with Crippen molar-refractivity contribution in [3.05, 3.63) is 47.1 Å². The van der Waals surface area contributed by atoms with E-state index in [4.69, 9.17) is 9.47 Å². The Hall–Kier alpha value is -3.38. The number of aromatic nitrogens is 6. The Kier molecular flexibility index (Phi) is 14.9. The van der Waals surface area contributed by atoms with Gasteiger partial charge in [0.1, 0.15) is 13.5 Å². The number of aryl methyl sites for hydroxylation is 2. The molecule has 16 atom stereocenters. The summed E-state index contributed by atoms with van der Waals surface area (Å²) in [5.74, 6) is 1.45. The van der Waals surface area contributed by atoms with Crippen molar-refractivity contribution >= 4 is 11.9 Å². The number of carboxylic acids is 2. The van der Waals surface area contributed by atoms with Gasteiger partial charge in [-0.2, -0.15) is 0 Å². The Morgan fingerprint density at radius 3 is 1.25 bits per heavy atom. The summed E-state index contributed by atoms with van der Waals surface area (Å²) in [6.07, 6.45) is 36.6. The average molecular weight is 1160 g/mol. The Labute approximate surface area is 506 Å². The molecule has 12 rings (SSSR count). The molecule has 10 aliphatic rings. The van der Waals surface area contributed by atoms with Crippen LogP contribution in [0.1, 0.15) is 262 Å². The fraction of sp³-hybridized carbons (Fsp3) is 0.861. The third-order valence-corrected chi connectivity index (χ3v) is 29.6. The Bertz CT molecular complexity index is 2720. The third kappa shape index (κ3) is 9.14. The molecule has 12 nitrogen and oxygen atoms in total. The highest BCUT2D eigenvalue weighted by Gasteiger charge is 2.72. The average Bonchev–Trinajstić information content (AvgIpc) is 0.759. The number of fused-ring (bicyclic) bond motifs is 14. The number of aliphatic carboxylic acids is 2. The molecule has 2 aromatic rings. The highest BCUT2D eigenvalue weighted by Crippen LogP contribution is 2.78. The number of carboxylic acid groups (broad SMARTS) is 2. The van der Waals surface area contributed by atoms with E-state index in [2.05, 4.69) is 142 Å². The number of hydrogen-bond acceptors (Lipinski definition) is 8. The Balaban J connectivity index is 0.586. The molecular formula is C72H112N6O6. The SMILES string of the molecule is CC1(C)CC[C@]2(C(=O)O)CC[C@]3(C)C(=CCC4[C@@]5(C)CCC(OCn6cc(CCCCCCc7cn(COC8CC[C@@]9(C)C(CC[C@]%10(C)C9CC=C9[C@H]%11CC(C)(C)CC[C@]%11(C(=O)O)CC[C@]9%10C)C8(C)C)nn7)nn6)C(C)(C)C5CC[C@]43C)[C@H]2C1. The normalized spacial score (nSPS) is 44.0. The molecule has 8 saturated carbocycles. The monoisotopic (exact) mass is 1160 g/mol. The van der Waals surface area contributed by atoms with Gasteiger partial charge in [-0.25, -0.2) is 9.36 Å². The van der Waals surface area contributed by atoms with Crippen LogP contribution in [0, 0.1) is 100 Å². The molecule has 0 aliphatic heterocycles. The molecule has 2 aromatic heterocycles. The third-order valence-electron chi connectivity index (χ3n) is 29.6. The van der Waals surface area contributed by atoms with Crippen molar-refractivity contribution in [2.24, 2.45) is 100 Å². The lowest BCUT2D eigenvalue weighted by Gasteiger charge is -2.71. The fourth-order valence-electron chi connectivity index (χ4n) is 24.1. The first kappa shape index (κ1) is 60.9. The van der Waals surface area contributed by atoms with E-state index in [-0.39, 0.29) is 78.2 Å². The molecule has 2 N–H and O–H groups in total. The summed E-state index contributed by atoms with van der Waals surface area (Å²) in [4.78, 5) is 26.3. The van der Waals surface area contributed by atoms with Crippen LogP contribution in [0.15, 0.2) is 35.7 Å². The number of hydrogen-bond donors (Lipinski definition) is 2. The van der Waals surface area contributed by atoms with E-state index in [0.29, 0.717) is 37.1 Å². The van der Waals surface area contributed by atoms with Crippen molar-refractivity contribution in [3.63, 3.8) is 0 Å². The molecule has 0 amide bonds. The summed E-state index contributed by atoms with van der Waals surface area (Å²) in [7, 11) is 0. The quantitative estimate of drug-likeness (QED) is 0.130. The first-order valence-corrected chi connectivity index (χ1v) is 34.2. The fourth-order valence-corrected chi connectivity index (χ4v) is 24.1. The lowest BCUT2D eigenvalue weighted by atomic mass is 9.33. The van der Waals surface area contributed by atoms with Crippen molar-refractivity contribution in [1.82, 2.24) is 30.0 Å². The van der Waals surface area contributed by atoms with Gasteiger partial charge in [-0.05, 0) is 244 Å². The van der Waals surface area contributed by atoms with Gasteiger partial charge in [0.25, 0.3) is 0 Å². The molecule has 0 saturated heterocycles. The molecule has 84 heavy (non-hydrogen) atoms. The first-order chi connectivity index (χ1) is 39.3. The molecule has 466 valence electrons. The molecular weight excluding hydrogens is 1040 g/mol. The first-order valence-electron chi connectivity index (χ1n) is 34.2. The van der Waals surface area contributed by atoms with Gasteiger partial charge >= 0.3 is 11.9 Å². The molecule has 6 unspecified atom stereocenters. The van der Waals surface area contributed by atoms with Crippen LogP contribution in [0.25, 0.3) is 0 Å². The standard InChI is InChI=1S/C72H112N6O6/c1-61(2)33-37-71(59(79)80)39-35-67(11)49(51(71)41-61)21-23-55-65(9)29-27-57(63(5,6)53(65)25-31-69(55,67)13)83-45-77-43-47(73-75-77)19-17-15-16-18-20-48-44-78(76-74-48)46-84-58-28-30-66(10)54(64(58,7)8)26-32-70(14)56(66)24-22-50-52-42-62(3,4)34-38-72(52,60(81)82)40-36-68(50,70)12/h21-22,43-44,51-58H,15-20,23-42,45-46H2,1-14H3,(H,79,80)(H,81,82)/t51-,52-,53?,54?,55?,56?,57?,58?,65+,66+,67-,68-,69-,70-,71+,72+/m1/s1. The molecule has 0 bridgehead atoms. The molecule has 0 radical (unpaired) electrons. The van der Waals surface area contributed by atoms with Gasteiger partial charge < -0.3 is 19.7 Å². The predicted octanol–water partition coefficient (Wildman–Crippen LogP) is 16.7. The van der Waals surface area contributed by atoms with Crippen LogP contribution in [0.2, 0.25) is 0 Å². The van der Waals surface area contributed by atoms with Crippen molar-refractivity contribution in [2.45, 2.75) is 290 Å². The molecule has 8 fully saturated rings. The van der Waals surface area contributed by atoms with Gasteiger partial charge in [-0.1, -0.05) is 143 Å². The summed E-state index contributed by atoms with van der Waals surface area (Å²) < 4.78 is 17.6. The van der Waals surface area contributed by atoms with Gasteiger partial charge in [0.05, 0.1) is 46.8 Å². The van der Waals surface area contributed by atoms with E-state index in [1.54, 1.807) is 0 Å². The zero-order chi connectivity index (χ0) is 60.1. The predicted molar refractivity (Wildman–Crippen MR) is 329 cm³/mol. The summed E-state index contributed by atoms with van der Waals surface area (Å²) >= 11 is 0. The van der Waals surface area contributed by atoms with Crippen LogP contribution < -0.4 is 0 Å². The van der Waals surface area contributed by atoms with E-state index in [0.717, 1.165) is 153 Å². The lowest BCUT2D eigenvalue weighted by Crippen LogP contribution is -2.65. The number of rotatable bonds is 15. The van der Waals surface area contributed by atoms with Crippen LogP contribution in [0.3, 0.4) is 0 Å². The number of ether oxygens (including phenoxy) is 2. The summed E-state index contributed by atoms with van der Waals surface area (Å²) in [5.41, 5.74) is 5.04. The zero-order valence-corrected chi connectivity index (χ0v) is 54.9. The van der Waals surface area contributed by atoms with Crippen molar-refractivity contribution in [3.8, 4) is 0 Å². The minimum Gasteiger partial charge on any atom is -0.481 e. The highest BCUT2D eigenvalue weighted by molar-refractivity contribution is 5.77. The molecule has 10 aliphatic carbocycles. The van der Waals surface area contributed by atoms with Gasteiger partial charge in [0, 0.05) is 0 Å². The van der Waals surface area contributed by atoms with Gasteiger partial charge in [-0.3, -0.25) is 9.59 Å². The van der Waals surface area contributed by atoms with Crippen molar-refractivity contribution < 1.29 is 29.3 Å². The number of allylic oxidation sites excluding steroid dienone is 4. The van der Waals surface area contributed by atoms with E-state index >= 15 is 0 Å². The molecule has 2 heterocycles. The molecule has 12 heteroatoms. The van der Waals surface area contributed by atoms with Gasteiger partial charge in [0.2, 0.25) is 0 Å². The summed E-state index contributed by atoms with van der Waals surface area (Å²) in [6.45, 7) is 35.9. The minimum atomic E-state index is -0.596. The van der Waals surface area contributed by atoms with E-state index < -0.39 is 22.8 Å². The van der Waals surface area contributed by atoms with Crippen LogP contribution in [0.5, 0.6) is 0 Å². The van der Waals surface area contributed by atoms with E-state index in [1.165, 1.54) is 36.8 Å². The maximum atomic E-state index is 13.2. The lowest BCUT2D eigenvalue weighted by molar-refractivity contribution is -0.218. The van der Waals surface area contributed by atoms with Crippen LogP contribution in [-0.4, -0.2) is 64.3 Å². The Morgan fingerprint density at radius 2 is 0.869 bits per heavy atom. The summed E-state index contributed by atoms with van der Waals surface area (Å²) in [6, 6.07) is 0. The van der Waals surface area contributed by atoms with Crippen molar-refractivity contribution in [2.75, 3.05) is 0 Å². The Morgan fingerprint density at radius 1 is 0.488 bits per heavy atom. The highest BCUT2D eigenvalue weighted by atomic mass is 16.5. The largest absolute Gasteiger partial charge is 0.481 e. The van der Waals surface area contributed by atoms with Crippen molar-refractivity contribution in [1.29, 1.82) is 0 Å². The van der Waals surface area contributed by atoms with Gasteiger partial charge in [-0.15, -0.1) is 10.2 Å². The van der Waals surface area contributed by atoms with E-state index in [1.807, 2.05) is 9.36 Å². The summed E-state index contributed by atoms with van der Waals surface area (Å²) in [5, 5.41) is 39.9. The maximum Gasteiger partial charge on any atom is 0.310 e. The second-order valence-corrected chi connectivity index (χ2v) is 35.1.